The van der Waals surface area contributed by atoms with Crippen LogP contribution in [0.5, 0.6) is 0 Å². The van der Waals surface area contributed by atoms with Crippen molar-refractivity contribution in [1.82, 2.24) is 0 Å². The lowest BCUT2D eigenvalue weighted by Crippen LogP contribution is -2.28. The normalized spacial score (nSPS) is 11.9. The number of ether oxygens (including phenoxy) is 1. The van der Waals surface area contributed by atoms with Gasteiger partial charge >= 0.3 is 0 Å². The molecule has 1 unspecified atom stereocenters. The van der Waals surface area contributed by atoms with Gasteiger partial charge in [0.15, 0.2) is 0 Å². The zero-order chi connectivity index (χ0) is 13.5. The van der Waals surface area contributed by atoms with Crippen molar-refractivity contribution in [1.29, 1.82) is 0 Å². The average molecular weight is 266 g/mol. The molecule has 1 aromatic rings. The highest BCUT2D eigenvalue weighted by Gasteiger charge is 2.12. The molecule has 0 bridgehead atoms. The summed E-state index contributed by atoms with van der Waals surface area (Å²) in [5.41, 5.74) is 6.97. The van der Waals surface area contributed by atoms with Crippen LogP contribution in [0.15, 0.2) is 24.3 Å². The minimum atomic E-state index is -0.458. The summed E-state index contributed by atoms with van der Waals surface area (Å²) in [5.74, 6) is -0.161. The van der Waals surface area contributed by atoms with Crippen LogP contribution in [0.1, 0.15) is 25.8 Å². The maximum absolute atomic E-state index is 11.8. The van der Waals surface area contributed by atoms with E-state index in [0.717, 1.165) is 12.0 Å². The minimum absolute atomic E-state index is 0.161. The quantitative estimate of drug-likeness (QED) is 0.774. The van der Waals surface area contributed by atoms with Gasteiger partial charge in [-0.3, -0.25) is 4.79 Å². The van der Waals surface area contributed by atoms with Crippen LogP contribution in [0.3, 0.4) is 0 Å². The predicted molar refractivity (Wildman–Crippen MR) is 76.7 cm³/mol. The van der Waals surface area contributed by atoms with Gasteiger partial charge in [-0.2, -0.15) is 0 Å². The summed E-state index contributed by atoms with van der Waals surface area (Å²) in [6.07, 6.45) is 0.431. The molecule has 5 heteroatoms. The summed E-state index contributed by atoms with van der Waals surface area (Å²) in [7, 11) is 0. The molecule has 0 spiro atoms. The lowest BCUT2D eigenvalue weighted by Gasteiger charge is -2.13. The van der Waals surface area contributed by atoms with Crippen LogP contribution < -0.4 is 11.1 Å². The second-order valence-electron chi connectivity index (χ2n) is 3.94. The first-order chi connectivity index (χ1) is 8.54. The van der Waals surface area contributed by atoms with E-state index in [4.69, 9.17) is 22.7 Å². The van der Waals surface area contributed by atoms with Crippen LogP contribution in [0.25, 0.3) is 0 Å². The monoisotopic (exact) mass is 266 g/mol. The van der Waals surface area contributed by atoms with Crippen molar-refractivity contribution in [2.45, 2.75) is 26.4 Å². The Balaban J connectivity index is 2.56. The van der Waals surface area contributed by atoms with Gasteiger partial charge in [0.1, 0.15) is 11.1 Å². The van der Waals surface area contributed by atoms with Gasteiger partial charge in [0, 0.05) is 17.9 Å². The number of carbonyl (C=O) groups excluding carboxylic acids is 1. The number of hydrogen-bond acceptors (Lipinski definition) is 3. The lowest BCUT2D eigenvalue weighted by molar-refractivity contribution is -0.126. The summed E-state index contributed by atoms with van der Waals surface area (Å²) in [5, 5.41) is 2.77. The number of amides is 1. The molecule has 0 saturated heterocycles. The Bertz CT molecular complexity index is 418. The van der Waals surface area contributed by atoms with Crippen molar-refractivity contribution < 1.29 is 9.53 Å². The van der Waals surface area contributed by atoms with Gasteiger partial charge in [0.2, 0.25) is 0 Å². The van der Waals surface area contributed by atoms with Crippen LogP contribution in [0.4, 0.5) is 5.69 Å². The molecule has 1 aromatic carbocycles. The number of nitrogens with one attached hydrogen (secondary N) is 1. The Morgan fingerprint density at radius 2 is 2.06 bits per heavy atom. The van der Waals surface area contributed by atoms with Gasteiger partial charge < -0.3 is 15.8 Å². The van der Waals surface area contributed by atoms with Gasteiger partial charge in [-0.25, -0.2) is 0 Å². The largest absolute Gasteiger partial charge is 0.389 e. The number of anilines is 1. The van der Waals surface area contributed by atoms with Gasteiger partial charge in [-0.15, -0.1) is 0 Å². The Hall–Kier alpha value is -1.46. The maximum Gasteiger partial charge on any atom is 0.253 e. The Kier molecular flexibility index (Phi) is 5.74. The molecule has 0 aliphatic rings. The molecule has 18 heavy (non-hydrogen) atoms. The Morgan fingerprint density at radius 3 is 2.56 bits per heavy atom. The molecule has 1 rings (SSSR count). The van der Waals surface area contributed by atoms with Gasteiger partial charge in [-0.05, 0) is 37.6 Å². The van der Waals surface area contributed by atoms with Crippen molar-refractivity contribution in [2.24, 2.45) is 5.73 Å². The number of thiocarbonyl (C=S) groups is 1. The van der Waals surface area contributed by atoms with Crippen molar-refractivity contribution in [3.63, 3.8) is 0 Å². The Morgan fingerprint density at radius 1 is 1.44 bits per heavy atom. The smallest absolute Gasteiger partial charge is 0.253 e. The highest BCUT2D eigenvalue weighted by molar-refractivity contribution is 7.80. The topological polar surface area (TPSA) is 64.3 Å². The van der Waals surface area contributed by atoms with Crippen molar-refractivity contribution in [2.75, 3.05) is 11.9 Å². The van der Waals surface area contributed by atoms with Gasteiger partial charge in [0.25, 0.3) is 5.91 Å². The molecule has 3 N–H and O–H groups in total. The number of carbonyl (C=O) groups is 1. The molecule has 98 valence electrons. The molecule has 1 atom stereocenters. The first kappa shape index (κ1) is 14.6. The van der Waals surface area contributed by atoms with E-state index in [0.29, 0.717) is 17.3 Å². The highest BCUT2D eigenvalue weighted by atomic mass is 32.1. The van der Waals surface area contributed by atoms with E-state index in [1.54, 1.807) is 31.2 Å². The van der Waals surface area contributed by atoms with Crippen molar-refractivity contribution in [3.05, 3.63) is 29.8 Å². The molecular weight excluding hydrogens is 248 g/mol. The summed E-state index contributed by atoms with van der Waals surface area (Å²) >= 11 is 4.85. The average Bonchev–Trinajstić information content (AvgIpc) is 2.36. The van der Waals surface area contributed by atoms with E-state index in [-0.39, 0.29) is 5.91 Å². The standard InChI is InChI=1S/C13H18N2O2S/c1-3-8-17-9(2)13(16)15-11-6-4-10(5-7-11)12(14)18/h4-7,9H,3,8H2,1-2H3,(H2,14,18)(H,15,16). The fourth-order valence-corrected chi connectivity index (χ4v) is 1.47. The van der Waals surface area contributed by atoms with Crippen molar-refractivity contribution >= 4 is 28.8 Å². The van der Waals surface area contributed by atoms with Crippen LogP contribution in [-0.2, 0) is 9.53 Å². The minimum Gasteiger partial charge on any atom is -0.389 e. The molecule has 0 saturated carbocycles. The number of hydrogen-bond donors (Lipinski definition) is 2. The summed E-state index contributed by atoms with van der Waals surface area (Å²) in [4.78, 5) is 12.1. The van der Waals surface area contributed by atoms with E-state index in [1.807, 2.05) is 6.92 Å². The van der Waals surface area contributed by atoms with Crippen LogP contribution >= 0.6 is 12.2 Å². The first-order valence-electron chi connectivity index (χ1n) is 5.87. The first-order valence-corrected chi connectivity index (χ1v) is 6.27. The third-order valence-corrected chi connectivity index (χ3v) is 2.61. The van der Waals surface area contributed by atoms with E-state index in [9.17, 15) is 4.79 Å². The SMILES string of the molecule is CCCOC(C)C(=O)Nc1ccc(C(N)=S)cc1. The van der Waals surface area contributed by atoms with Crippen LogP contribution in [-0.4, -0.2) is 23.6 Å². The van der Waals surface area contributed by atoms with Crippen molar-refractivity contribution in [3.8, 4) is 0 Å². The van der Waals surface area contributed by atoms with E-state index in [1.165, 1.54) is 0 Å². The van der Waals surface area contributed by atoms with E-state index in [2.05, 4.69) is 5.32 Å². The molecule has 4 nitrogen and oxygen atoms in total. The second-order valence-corrected chi connectivity index (χ2v) is 4.38. The van der Waals surface area contributed by atoms with Gasteiger partial charge in [0.05, 0.1) is 0 Å². The van der Waals surface area contributed by atoms with Crippen LogP contribution in [0.2, 0.25) is 0 Å². The summed E-state index contributed by atoms with van der Waals surface area (Å²) < 4.78 is 5.33. The third kappa shape index (κ3) is 4.43. The zero-order valence-corrected chi connectivity index (χ0v) is 11.4. The Labute approximate surface area is 113 Å². The van der Waals surface area contributed by atoms with E-state index < -0.39 is 6.10 Å². The maximum atomic E-state index is 11.8. The number of nitrogens with two attached hydrogens (primary N) is 1. The highest BCUT2D eigenvalue weighted by Crippen LogP contribution is 2.10. The fourth-order valence-electron chi connectivity index (χ4n) is 1.33. The molecule has 1 amide bonds. The third-order valence-electron chi connectivity index (χ3n) is 2.38. The summed E-state index contributed by atoms with van der Waals surface area (Å²) in [6.45, 7) is 4.31. The molecule has 0 fully saturated rings. The second kappa shape index (κ2) is 7.08. The van der Waals surface area contributed by atoms with Gasteiger partial charge in [-0.1, -0.05) is 19.1 Å². The molecular formula is C13H18N2O2S. The molecule has 0 heterocycles. The predicted octanol–water partition coefficient (Wildman–Crippen LogP) is 2.07. The molecule has 0 radical (unpaired) electrons. The van der Waals surface area contributed by atoms with E-state index >= 15 is 0 Å². The molecule has 0 aliphatic heterocycles. The number of rotatable bonds is 6. The summed E-state index contributed by atoms with van der Waals surface area (Å²) in [6, 6.07) is 7.07. The number of benzene rings is 1. The molecule has 0 aromatic heterocycles. The molecule has 0 aliphatic carbocycles. The van der Waals surface area contributed by atoms with Crippen LogP contribution in [0, 0.1) is 0 Å². The lowest BCUT2D eigenvalue weighted by atomic mass is 10.2. The fraction of sp³-hybridized carbons (Fsp3) is 0.385. The zero-order valence-electron chi connectivity index (χ0n) is 10.6.